The van der Waals surface area contributed by atoms with E-state index in [2.05, 4.69) is 11.2 Å². The predicted octanol–water partition coefficient (Wildman–Crippen LogP) is 5.91. The predicted molar refractivity (Wildman–Crippen MR) is 137 cm³/mol. The van der Waals surface area contributed by atoms with Crippen molar-refractivity contribution < 1.29 is 22.4 Å². The second-order valence-corrected chi connectivity index (χ2v) is 10.6. The second kappa shape index (κ2) is 10.9. The number of thiophene rings is 1. The van der Waals surface area contributed by atoms with E-state index in [4.69, 9.17) is 11.6 Å². The summed E-state index contributed by atoms with van der Waals surface area (Å²) in [5.41, 5.74) is -0.627. The van der Waals surface area contributed by atoms with Gasteiger partial charge in [0.1, 0.15) is 16.8 Å². The lowest BCUT2D eigenvalue weighted by molar-refractivity contribution is -0.141. The molecule has 4 rings (SSSR count). The van der Waals surface area contributed by atoms with E-state index in [0.717, 1.165) is 15.6 Å². The number of fused-ring (bicyclic) bond motifs is 1. The molecule has 3 heterocycles. The van der Waals surface area contributed by atoms with Gasteiger partial charge in [-0.25, -0.2) is 4.39 Å². The highest BCUT2D eigenvalue weighted by atomic mass is 35.5. The monoisotopic (exact) mass is 565 g/mol. The largest absolute Gasteiger partial charge is 0.435 e. The number of alkyl halides is 3. The van der Waals surface area contributed by atoms with Crippen LogP contribution in [-0.4, -0.2) is 52.7 Å². The average molecular weight is 566 g/mol. The fourth-order valence-corrected chi connectivity index (χ4v) is 5.79. The number of nitrogens with zero attached hydrogens (tertiary/aromatic N) is 5. The number of carbonyl (C=O) groups is 1. The minimum absolute atomic E-state index is 0.109. The van der Waals surface area contributed by atoms with Gasteiger partial charge in [-0.3, -0.25) is 9.48 Å². The van der Waals surface area contributed by atoms with Crippen LogP contribution in [0.1, 0.15) is 39.4 Å². The van der Waals surface area contributed by atoms with Crippen LogP contribution in [0.3, 0.4) is 0 Å². The van der Waals surface area contributed by atoms with Crippen LogP contribution in [0, 0.1) is 17.1 Å². The molecule has 1 aromatic carbocycles. The van der Waals surface area contributed by atoms with E-state index in [9.17, 15) is 27.6 Å². The number of amides is 1. The maximum atomic E-state index is 14.7. The van der Waals surface area contributed by atoms with Gasteiger partial charge in [-0.15, -0.1) is 11.3 Å². The van der Waals surface area contributed by atoms with Gasteiger partial charge in [0.05, 0.1) is 11.6 Å². The lowest BCUT2D eigenvalue weighted by atomic mass is 9.83. The Labute approximate surface area is 226 Å². The molecule has 1 atom stereocenters. The van der Waals surface area contributed by atoms with Gasteiger partial charge in [0.2, 0.25) is 5.91 Å². The molecular formula is C26H24ClF4N5OS. The summed E-state index contributed by atoms with van der Waals surface area (Å²) < 4.78 is 57.9. The maximum absolute atomic E-state index is 14.7. The molecule has 0 N–H and O–H groups in total. The van der Waals surface area contributed by atoms with Crippen LogP contribution in [0.2, 0.25) is 5.02 Å². The van der Waals surface area contributed by atoms with Gasteiger partial charge in [-0.1, -0.05) is 23.7 Å². The molecule has 0 aliphatic carbocycles. The Morgan fingerprint density at radius 2 is 2.08 bits per heavy atom. The summed E-state index contributed by atoms with van der Waals surface area (Å²) in [6.45, 7) is 2.70. The SMILES string of the molecule is CCn1cc(-c2c(C3CN(C(=O)/C=C/CN(C)C)Cc4sc(C#N)cc43)ccc(F)c2Cl)c(C(F)(F)F)n1. The highest BCUT2D eigenvalue weighted by molar-refractivity contribution is 7.12. The van der Waals surface area contributed by atoms with Gasteiger partial charge in [0.25, 0.3) is 0 Å². The van der Waals surface area contributed by atoms with E-state index in [1.165, 1.54) is 29.7 Å². The summed E-state index contributed by atoms with van der Waals surface area (Å²) in [5, 5.41) is 12.7. The van der Waals surface area contributed by atoms with E-state index in [1.807, 2.05) is 19.0 Å². The van der Waals surface area contributed by atoms with Crippen LogP contribution >= 0.6 is 22.9 Å². The number of rotatable bonds is 6. The summed E-state index contributed by atoms with van der Waals surface area (Å²) in [7, 11) is 3.73. The van der Waals surface area contributed by atoms with Gasteiger partial charge in [0, 0.05) is 53.8 Å². The molecular weight excluding hydrogens is 542 g/mol. The standard InChI is InChI=1S/C26H24ClF4N5OS/c1-4-36-13-19(25(33-36)26(29,30)31)23-16(7-8-20(28)24(23)27)18-12-35(22(37)6-5-9-34(2)3)14-21-17(18)10-15(11-32)38-21/h5-8,10,13,18H,4,9,12,14H2,1-3H3/b6-5+. The second-order valence-electron chi connectivity index (χ2n) is 9.11. The van der Waals surface area contributed by atoms with Crippen molar-refractivity contribution >= 4 is 28.8 Å². The Bertz CT molecular complexity index is 1440. The zero-order valence-electron chi connectivity index (χ0n) is 20.8. The van der Waals surface area contributed by atoms with Gasteiger partial charge in [-0.2, -0.15) is 23.5 Å². The van der Waals surface area contributed by atoms with Crippen LogP contribution in [0.4, 0.5) is 17.6 Å². The number of hydrogen-bond acceptors (Lipinski definition) is 5. The molecule has 12 heteroatoms. The van der Waals surface area contributed by atoms with E-state index in [1.54, 1.807) is 24.0 Å². The third-order valence-corrected chi connectivity index (χ3v) is 7.64. The van der Waals surface area contributed by atoms with E-state index >= 15 is 0 Å². The lowest BCUT2D eigenvalue weighted by Gasteiger charge is -2.33. The first-order chi connectivity index (χ1) is 17.9. The maximum Gasteiger partial charge on any atom is 0.435 e. The number of nitriles is 1. The van der Waals surface area contributed by atoms with Crippen LogP contribution < -0.4 is 0 Å². The Hall–Kier alpha value is -3.20. The zero-order valence-corrected chi connectivity index (χ0v) is 22.4. The van der Waals surface area contributed by atoms with E-state index < -0.39 is 28.6 Å². The fourth-order valence-electron chi connectivity index (χ4n) is 4.48. The number of hydrogen-bond donors (Lipinski definition) is 0. The van der Waals surface area contributed by atoms with Crippen LogP contribution in [0.15, 0.2) is 36.5 Å². The van der Waals surface area contributed by atoms with Crippen LogP contribution in [0.25, 0.3) is 11.1 Å². The van der Waals surface area contributed by atoms with Crippen molar-refractivity contribution in [1.29, 1.82) is 5.26 Å². The summed E-state index contributed by atoms with van der Waals surface area (Å²) in [6.07, 6.45) is -0.433. The fraction of sp³-hybridized carbons (Fsp3) is 0.346. The minimum Gasteiger partial charge on any atom is -0.333 e. The molecule has 0 bridgehead atoms. The van der Waals surface area contributed by atoms with Crippen LogP contribution in [-0.2, 0) is 24.1 Å². The number of halogens is 5. The summed E-state index contributed by atoms with van der Waals surface area (Å²) in [5.74, 6) is -1.80. The van der Waals surface area contributed by atoms with Crippen molar-refractivity contribution in [2.45, 2.75) is 32.1 Å². The Morgan fingerprint density at radius 1 is 1.34 bits per heavy atom. The van der Waals surface area contributed by atoms with Gasteiger partial charge >= 0.3 is 6.18 Å². The van der Waals surface area contributed by atoms with E-state index in [-0.39, 0.29) is 36.7 Å². The molecule has 1 aliphatic heterocycles. The molecule has 1 aliphatic rings. The first-order valence-electron chi connectivity index (χ1n) is 11.7. The highest BCUT2D eigenvalue weighted by Crippen LogP contribution is 2.47. The molecule has 2 aromatic heterocycles. The Balaban J connectivity index is 1.89. The third-order valence-electron chi connectivity index (χ3n) is 6.23. The van der Waals surface area contributed by atoms with Crippen molar-refractivity contribution in [3.8, 4) is 17.2 Å². The van der Waals surface area contributed by atoms with Gasteiger partial charge < -0.3 is 9.80 Å². The highest BCUT2D eigenvalue weighted by Gasteiger charge is 2.40. The van der Waals surface area contributed by atoms with E-state index in [0.29, 0.717) is 22.5 Å². The van der Waals surface area contributed by atoms with Crippen LogP contribution in [0.5, 0.6) is 0 Å². The Kier molecular flexibility index (Phi) is 7.97. The molecule has 0 saturated carbocycles. The Morgan fingerprint density at radius 3 is 2.71 bits per heavy atom. The molecule has 3 aromatic rings. The van der Waals surface area contributed by atoms with Crippen molar-refractivity contribution in [2.24, 2.45) is 0 Å². The molecule has 200 valence electrons. The first kappa shape index (κ1) is 27.8. The molecule has 1 unspecified atom stereocenters. The molecule has 1 amide bonds. The zero-order chi connectivity index (χ0) is 27.8. The molecule has 0 fully saturated rings. The van der Waals surface area contributed by atoms with Crippen molar-refractivity contribution in [1.82, 2.24) is 19.6 Å². The summed E-state index contributed by atoms with van der Waals surface area (Å²) in [4.78, 5) is 17.7. The lowest BCUT2D eigenvalue weighted by Crippen LogP contribution is -2.37. The molecule has 0 saturated heterocycles. The van der Waals surface area contributed by atoms with Gasteiger partial charge in [0.15, 0.2) is 5.69 Å². The third kappa shape index (κ3) is 5.48. The van der Waals surface area contributed by atoms with Crippen molar-refractivity contribution in [3.63, 3.8) is 0 Å². The topological polar surface area (TPSA) is 65.2 Å². The average Bonchev–Trinajstić information content (AvgIpc) is 3.48. The quantitative estimate of drug-likeness (QED) is 0.275. The number of likely N-dealkylation sites (N-methyl/N-ethyl adjacent to an activating group) is 1. The molecule has 0 radical (unpaired) electrons. The number of aryl methyl sites for hydroxylation is 1. The summed E-state index contributed by atoms with van der Waals surface area (Å²) in [6, 6.07) is 6.28. The van der Waals surface area contributed by atoms with Gasteiger partial charge in [-0.05, 0) is 44.3 Å². The smallest absolute Gasteiger partial charge is 0.333 e. The number of aromatic nitrogens is 2. The normalized spacial score (nSPS) is 15.8. The number of carbonyl (C=O) groups excluding carboxylic acids is 1. The number of benzene rings is 1. The minimum atomic E-state index is -4.81. The van der Waals surface area contributed by atoms with Crippen molar-refractivity contribution in [2.75, 3.05) is 27.2 Å². The summed E-state index contributed by atoms with van der Waals surface area (Å²) >= 11 is 7.57. The molecule has 38 heavy (non-hydrogen) atoms. The molecule has 6 nitrogen and oxygen atoms in total. The first-order valence-corrected chi connectivity index (χ1v) is 12.9. The molecule has 0 spiro atoms. The van der Waals surface area contributed by atoms with Crippen molar-refractivity contribution in [3.05, 3.63) is 74.0 Å².